The Labute approximate surface area is 210 Å². The van der Waals surface area contributed by atoms with E-state index in [0.29, 0.717) is 6.42 Å². The Balaban J connectivity index is 0.000000149. The van der Waals surface area contributed by atoms with Crippen molar-refractivity contribution in [3.8, 4) is 0 Å². The number of para-hydroxylation sites is 1. The van der Waals surface area contributed by atoms with Gasteiger partial charge in [0.25, 0.3) is 0 Å². The molecule has 3 N–H and O–H groups in total. The smallest absolute Gasteiger partial charge is 0.305 e. The van der Waals surface area contributed by atoms with Gasteiger partial charge in [-0.15, -0.1) is 0 Å². The molecule has 3 aromatic carbocycles. The topological polar surface area (TPSA) is 83.6 Å². The summed E-state index contributed by atoms with van der Waals surface area (Å²) in [5.74, 6) is -0.958. The van der Waals surface area contributed by atoms with Gasteiger partial charge in [-0.3, -0.25) is 9.59 Å². The van der Waals surface area contributed by atoms with E-state index in [4.69, 9.17) is 10.8 Å². The molecule has 3 aromatic rings. The van der Waals surface area contributed by atoms with Gasteiger partial charge in [0.1, 0.15) is 0 Å². The summed E-state index contributed by atoms with van der Waals surface area (Å²) in [4.78, 5) is 24.0. The molecule has 0 saturated heterocycles. The van der Waals surface area contributed by atoms with Crippen LogP contribution in [-0.4, -0.2) is 29.6 Å². The zero-order chi connectivity index (χ0) is 25.1. The van der Waals surface area contributed by atoms with E-state index in [1.807, 2.05) is 36.4 Å². The van der Waals surface area contributed by atoms with Crippen molar-refractivity contribution in [2.75, 3.05) is 11.4 Å². The lowest BCUT2D eigenvalue weighted by Crippen LogP contribution is -2.32. The number of fused-ring (bicyclic) bond motifs is 5. The minimum Gasteiger partial charge on any atom is -0.481 e. The van der Waals surface area contributed by atoms with Crippen LogP contribution in [0.15, 0.2) is 66.7 Å². The number of hydrogen-bond acceptors (Lipinski definition) is 3. The molecule has 1 atom stereocenters. The number of hydrogen-bond donors (Lipinski definition) is 2. The van der Waals surface area contributed by atoms with Gasteiger partial charge < -0.3 is 15.7 Å². The zero-order valence-electron chi connectivity index (χ0n) is 20.2. The monoisotopic (exact) mass is 478 g/mol. The number of carboxylic acids is 1. The maximum Gasteiger partial charge on any atom is 0.305 e. The summed E-state index contributed by atoms with van der Waals surface area (Å²) >= 11 is 0. The number of rotatable bonds is 3. The van der Waals surface area contributed by atoms with Crippen LogP contribution >= 0.6 is 0 Å². The summed E-state index contributed by atoms with van der Waals surface area (Å²) in [5.41, 5.74) is 10.8. The van der Waals surface area contributed by atoms with Crippen LogP contribution in [-0.2, 0) is 22.4 Å². The fraction of sp³-hybridized carbons (Fsp3) is 0.226. The maximum atomic E-state index is 11.9. The first kappa shape index (κ1) is 23.8. The van der Waals surface area contributed by atoms with E-state index in [2.05, 4.69) is 48.6 Å². The zero-order valence-corrected chi connectivity index (χ0v) is 20.2. The van der Waals surface area contributed by atoms with Gasteiger partial charge in [-0.1, -0.05) is 78.9 Å². The van der Waals surface area contributed by atoms with Crippen LogP contribution in [0.2, 0.25) is 0 Å². The second-order valence-corrected chi connectivity index (χ2v) is 9.41. The fourth-order valence-corrected chi connectivity index (χ4v) is 5.24. The number of carbonyl (C=O) groups excluding carboxylic acids is 1. The summed E-state index contributed by atoms with van der Waals surface area (Å²) in [6.45, 7) is 0.215. The molecule has 1 aliphatic heterocycles. The lowest BCUT2D eigenvalue weighted by Gasteiger charge is -2.22. The van der Waals surface area contributed by atoms with Crippen LogP contribution in [0.1, 0.15) is 36.0 Å². The number of benzene rings is 3. The quantitative estimate of drug-likeness (QED) is 0.605. The molecule has 0 fully saturated rings. The highest BCUT2D eigenvalue weighted by Crippen LogP contribution is 2.25. The minimum atomic E-state index is -0.896. The lowest BCUT2D eigenvalue weighted by atomic mass is 9.87. The van der Waals surface area contributed by atoms with Crippen molar-refractivity contribution in [3.05, 3.63) is 104 Å². The summed E-state index contributed by atoms with van der Waals surface area (Å²) in [6, 6.07) is 21.0. The second kappa shape index (κ2) is 10.3. The van der Waals surface area contributed by atoms with Gasteiger partial charge in [0.15, 0.2) is 0 Å². The van der Waals surface area contributed by atoms with Gasteiger partial charge >= 0.3 is 5.97 Å². The Bertz CT molecular complexity index is 1570. The van der Waals surface area contributed by atoms with Crippen molar-refractivity contribution in [1.29, 1.82) is 0 Å². The standard InChI is InChI=1S/C18H17N.C13H13NO3/c19-14-8-5-13-7-9-16-15-4-2-1-3-12(15)6-10-17(16)18(13)11-14;15-12-7-3-5-10-4-1-2-6-11(10)14(12)9-8-13(16)17/h1-7,9,14H,8,10-11,19H2;1-6H,7-9H2,(H,16,17). The minimum absolute atomic E-state index is 0.0416. The van der Waals surface area contributed by atoms with E-state index >= 15 is 0 Å². The van der Waals surface area contributed by atoms with Crippen molar-refractivity contribution >= 4 is 35.8 Å². The molecule has 0 radical (unpaired) electrons. The molecule has 6 rings (SSSR count). The highest BCUT2D eigenvalue weighted by Gasteiger charge is 2.20. The van der Waals surface area contributed by atoms with Crippen LogP contribution in [0, 0.1) is 10.4 Å². The fourth-order valence-electron chi connectivity index (χ4n) is 5.24. The maximum absolute atomic E-state index is 11.9. The molecule has 182 valence electrons. The Morgan fingerprint density at radius 2 is 1.72 bits per heavy atom. The normalized spacial score (nSPS) is 17.1. The number of amides is 1. The number of carbonyl (C=O) groups is 2. The third-order valence-electron chi connectivity index (χ3n) is 7.02. The number of carboxylic acid groups (broad SMARTS) is 1. The molecule has 1 heterocycles. The number of nitrogens with zero attached hydrogens (tertiary/aromatic N) is 1. The summed E-state index contributed by atoms with van der Waals surface area (Å²) in [5, 5.41) is 14.2. The van der Waals surface area contributed by atoms with Gasteiger partial charge in [0.2, 0.25) is 5.91 Å². The van der Waals surface area contributed by atoms with Gasteiger partial charge in [-0.2, -0.15) is 0 Å². The Kier molecular flexibility index (Phi) is 6.83. The molecule has 2 aliphatic carbocycles. The summed E-state index contributed by atoms with van der Waals surface area (Å²) in [7, 11) is 0. The first-order valence-electron chi connectivity index (χ1n) is 12.4. The second-order valence-electron chi connectivity index (χ2n) is 9.41. The van der Waals surface area contributed by atoms with Crippen LogP contribution in [0.25, 0.3) is 18.2 Å². The van der Waals surface area contributed by atoms with E-state index in [-0.39, 0.29) is 24.9 Å². The lowest BCUT2D eigenvalue weighted by molar-refractivity contribution is -0.136. The third kappa shape index (κ3) is 4.88. The third-order valence-corrected chi connectivity index (χ3v) is 7.02. The van der Waals surface area contributed by atoms with E-state index in [0.717, 1.165) is 30.5 Å². The highest BCUT2D eigenvalue weighted by atomic mass is 16.4. The number of nitrogens with two attached hydrogens (primary N) is 1. The molecular formula is C31H30N2O3. The van der Waals surface area contributed by atoms with Gasteiger partial charge in [-0.25, -0.2) is 0 Å². The molecule has 36 heavy (non-hydrogen) atoms. The summed E-state index contributed by atoms with van der Waals surface area (Å²) < 4.78 is 0. The predicted molar refractivity (Wildman–Crippen MR) is 143 cm³/mol. The van der Waals surface area contributed by atoms with E-state index in [9.17, 15) is 9.59 Å². The molecule has 0 aromatic heterocycles. The van der Waals surface area contributed by atoms with Crippen molar-refractivity contribution in [3.63, 3.8) is 0 Å². The van der Waals surface area contributed by atoms with Crippen molar-refractivity contribution in [2.45, 2.75) is 38.1 Å². The molecule has 1 unspecified atom stereocenters. The first-order chi connectivity index (χ1) is 17.5. The van der Waals surface area contributed by atoms with E-state index in [1.165, 1.54) is 32.0 Å². The average molecular weight is 479 g/mol. The highest BCUT2D eigenvalue weighted by molar-refractivity contribution is 5.98. The largest absolute Gasteiger partial charge is 0.481 e. The summed E-state index contributed by atoms with van der Waals surface area (Å²) in [6.07, 6.45) is 11.7. The molecule has 0 saturated carbocycles. The van der Waals surface area contributed by atoms with E-state index in [1.54, 1.807) is 4.90 Å². The number of aliphatic carboxylic acids is 1. The SMILES string of the molecule is NC1CC=c2ccc3c(c2C1)CC=c1ccccc1=3.O=C(O)CCN1C(=O)CC=Cc2ccccc21. The molecule has 3 aliphatic rings. The predicted octanol–water partition coefficient (Wildman–Crippen LogP) is 3.28. The van der Waals surface area contributed by atoms with Crippen LogP contribution in [0.3, 0.4) is 0 Å². The van der Waals surface area contributed by atoms with Crippen molar-refractivity contribution in [2.24, 2.45) is 5.73 Å². The van der Waals surface area contributed by atoms with Crippen LogP contribution in [0.4, 0.5) is 5.69 Å². The molecular weight excluding hydrogens is 448 g/mol. The van der Waals surface area contributed by atoms with Crippen molar-refractivity contribution < 1.29 is 14.7 Å². The average Bonchev–Trinajstić information content (AvgIpc) is 3.05. The Morgan fingerprint density at radius 1 is 0.917 bits per heavy atom. The molecule has 0 spiro atoms. The van der Waals surface area contributed by atoms with Gasteiger partial charge in [0, 0.05) is 19.0 Å². The molecule has 5 heteroatoms. The van der Waals surface area contributed by atoms with Gasteiger partial charge in [-0.05, 0) is 62.9 Å². The molecule has 5 nitrogen and oxygen atoms in total. The van der Waals surface area contributed by atoms with Crippen LogP contribution < -0.4 is 21.1 Å². The number of anilines is 1. The van der Waals surface area contributed by atoms with Crippen LogP contribution in [0.5, 0.6) is 0 Å². The Morgan fingerprint density at radius 3 is 2.58 bits per heavy atom. The van der Waals surface area contributed by atoms with E-state index < -0.39 is 5.97 Å². The Hall–Kier alpha value is -3.96. The molecule has 0 bridgehead atoms. The van der Waals surface area contributed by atoms with Crippen molar-refractivity contribution in [1.82, 2.24) is 0 Å². The molecule has 1 amide bonds. The first-order valence-corrected chi connectivity index (χ1v) is 12.4. The van der Waals surface area contributed by atoms with Gasteiger partial charge in [0.05, 0.1) is 12.1 Å².